The van der Waals surface area contributed by atoms with Crippen LogP contribution < -0.4 is 10.5 Å². The van der Waals surface area contributed by atoms with E-state index in [1.807, 2.05) is 0 Å². The summed E-state index contributed by atoms with van der Waals surface area (Å²) in [4.78, 5) is 7.88. The van der Waals surface area contributed by atoms with Crippen molar-refractivity contribution in [1.82, 2.24) is 9.97 Å². The van der Waals surface area contributed by atoms with Crippen LogP contribution in [0.25, 0.3) is 0 Å². The minimum atomic E-state index is 0.381. The van der Waals surface area contributed by atoms with Crippen molar-refractivity contribution >= 4 is 5.69 Å². The van der Waals surface area contributed by atoms with Gasteiger partial charge < -0.3 is 15.2 Å². The SMILES string of the molecule is Nc1cnc(OCC2CCOC2)nc1. The Labute approximate surface area is 82.3 Å². The Morgan fingerprint density at radius 1 is 1.50 bits per heavy atom. The monoisotopic (exact) mass is 195 g/mol. The first-order valence-electron chi connectivity index (χ1n) is 4.62. The van der Waals surface area contributed by atoms with Crippen LogP contribution in [0.3, 0.4) is 0 Å². The predicted octanol–water partition coefficient (Wildman–Crippen LogP) is 0.474. The maximum absolute atomic E-state index is 5.44. The van der Waals surface area contributed by atoms with Gasteiger partial charge in [-0.05, 0) is 6.42 Å². The van der Waals surface area contributed by atoms with Crippen molar-refractivity contribution in [2.24, 2.45) is 5.92 Å². The molecule has 1 aliphatic rings. The van der Waals surface area contributed by atoms with E-state index in [2.05, 4.69) is 9.97 Å². The first-order chi connectivity index (χ1) is 6.84. The normalized spacial score (nSPS) is 21.0. The highest BCUT2D eigenvalue weighted by Gasteiger charge is 2.16. The molecule has 0 aromatic carbocycles. The summed E-state index contributed by atoms with van der Waals surface area (Å²) in [6.45, 7) is 2.22. The fraction of sp³-hybridized carbons (Fsp3) is 0.556. The lowest BCUT2D eigenvalue weighted by molar-refractivity contribution is 0.163. The number of hydrogen-bond donors (Lipinski definition) is 1. The summed E-state index contributed by atoms with van der Waals surface area (Å²) in [6.07, 6.45) is 4.12. The zero-order chi connectivity index (χ0) is 9.80. The number of nitrogen functional groups attached to an aromatic ring is 1. The minimum Gasteiger partial charge on any atom is -0.463 e. The molecule has 1 unspecified atom stereocenters. The van der Waals surface area contributed by atoms with Crippen LogP contribution in [0.2, 0.25) is 0 Å². The number of nitrogens with two attached hydrogens (primary N) is 1. The summed E-state index contributed by atoms with van der Waals surface area (Å²) in [7, 11) is 0. The number of rotatable bonds is 3. The van der Waals surface area contributed by atoms with E-state index in [0.29, 0.717) is 24.2 Å². The summed E-state index contributed by atoms with van der Waals surface area (Å²) in [5.74, 6) is 0.469. The summed E-state index contributed by atoms with van der Waals surface area (Å²) < 4.78 is 10.6. The molecule has 0 saturated carbocycles. The van der Waals surface area contributed by atoms with E-state index in [-0.39, 0.29) is 0 Å². The van der Waals surface area contributed by atoms with Crippen molar-refractivity contribution in [3.63, 3.8) is 0 Å². The second-order valence-corrected chi connectivity index (χ2v) is 3.34. The molecule has 1 aromatic heterocycles. The van der Waals surface area contributed by atoms with Gasteiger partial charge in [-0.25, -0.2) is 9.97 Å². The molecule has 2 N–H and O–H groups in total. The van der Waals surface area contributed by atoms with Crippen LogP contribution in [0.15, 0.2) is 12.4 Å². The molecule has 1 saturated heterocycles. The third kappa shape index (κ3) is 2.32. The predicted molar refractivity (Wildman–Crippen MR) is 50.9 cm³/mol. The van der Waals surface area contributed by atoms with Crippen molar-refractivity contribution in [2.45, 2.75) is 6.42 Å². The minimum absolute atomic E-state index is 0.381. The van der Waals surface area contributed by atoms with Crippen LogP contribution in [0.4, 0.5) is 5.69 Å². The second-order valence-electron chi connectivity index (χ2n) is 3.34. The van der Waals surface area contributed by atoms with Crippen LogP contribution >= 0.6 is 0 Å². The quantitative estimate of drug-likeness (QED) is 0.759. The second kappa shape index (κ2) is 4.23. The lowest BCUT2D eigenvalue weighted by Gasteiger charge is -2.07. The van der Waals surface area contributed by atoms with E-state index < -0.39 is 0 Å². The van der Waals surface area contributed by atoms with Gasteiger partial charge in [0.25, 0.3) is 0 Å². The molecule has 76 valence electrons. The molecular formula is C9H13N3O2. The molecule has 14 heavy (non-hydrogen) atoms. The molecule has 1 aromatic rings. The summed E-state index contributed by atoms with van der Waals surface area (Å²) in [6, 6.07) is 0.381. The molecular weight excluding hydrogens is 182 g/mol. The summed E-state index contributed by atoms with van der Waals surface area (Å²) in [5, 5.41) is 0. The Morgan fingerprint density at radius 2 is 2.29 bits per heavy atom. The topological polar surface area (TPSA) is 70.3 Å². The molecule has 0 amide bonds. The lowest BCUT2D eigenvalue weighted by Crippen LogP contribution is -2.12. The first kappa shape index (κ1) is 9.21. The van der Waals surface area contributed by atoms with Gasteiger partial charge in [0.05, 0.1) is 31.3 Å². The van der Waals surface area contributed by atoms with Crippen molar-refractivity contribution in [3.8, 4) is 6.01 Å². The fourth-order valence-electron chi connectivity index (χ4n) is 1.31. The highest BCUT2D eigenvalue weighted by Crippen LogP contribution is 2.13. The Bertz CT molecular complexity index is 283. The van der Waals surface area contributed by atoms with Crippen LogP contribution in [-0.4, -0.2) is 29.8 Å². The van der Waals surface area contributed by atoms with Gasteiger partial charge >= 0.3 is 6.01 Å². The lowest BCUT2D eigenvalue weighted by atomic mass is 10.1. The third-order valence-corrected chi connectivity index (χ3v) is 2.12. The average molecular weight is 195 g/mol. The maximum atomic E-state index is 5.44. The van der Waals surface area contributed by atoms with Gasteiger partial charge in [0, 0.05) is 12.5 Å². The smallest absolute Gasteiger partial charge is 0.316 e. The van der Waals surface area contributed by atoms with E-state index >= 15 is 0 Å². The van der Waals surface area contributed by atoms with Gasteiger partial charge in [-0.3, -0.25) is 0 Å². The summed E-state index contributed by atoms with van der Waals surface area (Å²) in [5.41, 5.74) is 5.99. The number of anilines is 1. The Morgan fingerprint density at radius 3 is 2.93 bits per heavy atom. The van der Waals surface area contributed by atoms with Crippen molar-refractivity contribution in [3.05, 3.63) is 12.4 Å². The van der Waals surface area contributed by atoms with E-state index in [9.17, 15) is 0 Å². The zero-order valence-corrected chi connectivity index (χ0v) is 7.85. The molecule has 0 bridgehead atoms. The Balaban J connectivity index is 1.82. The maximum Gasteiger partial charge on any atom is 0.316 e. The van der Waals surface area contributed by atoms with Crippen molar-refractivity contribution in [2.75, 3.05) is 25.6 Å². The zero-order valence-electron chi connectivity index (χ0n) is 7.85. The van der Waals surface area contributed by atoms with Crippen LogP contribution in [-0.2, 0) is 4.74 Å². The van der Waals surface area contributed by atoms with Gasteiger partial charge in [0.1, 0.15) is 0 Å². The fourth-order valence-corrected chi connectivity index (χ4v) is 1.31. The van der Waals surface area contributed by atoms with E-state index in [0.717, 1.165) is 19.6 Å². The Hall–Kier alpha value is -1.36. The molecule has 1 atom stereocenters. The number of hydrogen-bond acceptors (Lipinski definition) is 5. The van der Waals surface area contributed by atoms with Gasteiger partial charge in [-0.15, -0.1) is 0 Å². The molecule has 5 nitrogen and oxygen atoms in total. The summed E-state index contributed by atoms with van der Waals surface area (Å²) >= 11 is 0. The largest absolute Gasteiger partial charge is 0.463 e. The van der Waals surface area contributed by atoms with E-state index in [1.165, 1.54) is 12.4 Å². The molecule has 2 heterocycles. The number of aromatic nitrogens is 2. The molecule has 5 heteroatoms. The first-order valence-corrected chi connectivity index (χ1v) is 4.62. The average Bonchev–Trinajstić information content (AvgIpc) is 2.70. The highest BCUT2D eigenvalue weighted by atomic mass is 16.5. The van der Waals surface area contributed by atoms with Crippen molar-refractivity contribution in [1.29, 1.82) is 0 Å². The molecule has 1 fully saturated rings. The standard InChI is InChI=1S/C9H13N3O2/c10-8-3-11-9(12-4-8)14-6-7-1-2-13-5-7/h3-4,7H,1-2,5-6,10H2. The number of ether oxygens (including phenoxy) is 2. The van der Waals surface area contributed by atoms with Gasteiger partial charge in [-0.1, -0.05) is 0 Å². The molecule has 0 spiro atoms. The van der Waals surface area contributed by atoms with E-state index in [1.54, 1.807) is 0 Å². The van der Waals surface area contributed by atoms with Gasteiger partial charge in [0.15, 0.2) is 0 Å². The molecule has 0 radical (unpaired) electrons. The van der Waals surface area contributed by atoms with Crippen LogP contribution in [0.5, 0.6) is 6.01 Å². The molecule has 2 rings (SSSR count). The third-order valence-electron chi connectivity index (χ3n) is 2.12. The van der Waals surface area contributed by atoms with E-state index in [4.69, 9.17) is 15.2 Å². The van der Waals surface area contributed by atoms with Crippen LogP contribution in [0.1, 0.15) is 6.42 Å². The molecule has 1 aliphatic heterocycles. The van der Waals surface area contributed by atoms with Crippen molar-refractivity contribution < 1.29 is 9.47 Å². The van der Waals surface area contributed by atoms with Gasteiger partial charge in [0.2, 0.25) is 0 Å². The van der Waals surface area contributed by atoms with Crippen LogP contribution in [0, 0.1) is 5.92 Å². The Kier molecular flexibility index (Phi) is 2.78. The highest BCUT2D eigenvalue weighted by molar-refractivity contribution is 5.30. The number of nitrogens with zero attached hydrogens (tertiary/aromatic N) is 2. The van der Waals surface area contributed by atoms with Gasteiger partial charge in [-0.2, -0.15) is 0 Å². The molecule has 0 aliphatic carbocycles.